The number of carboxylic acid groups (broad SMARTS) is 1. The van der Waals surface area contributed by atoms with Gasteiger partial charge >= 0.3 is 12.1 Å². The zero-order valence-electron chi connectivity index (χ0n) is 23.8. The average Bonchev–Trinajstić information content (AvgIpc) is 2.95. The maximum absolute atomic E-state index is 13.3. The first-order valence-corrected chi connectivity index (χ1v) is 12.9. The van der Waals surface area contributed by atoms with Crippen LogP contribution in [0.25, 0.3) is 0 Å². The molecule has 0 bridgehead atoms. The average molecular weight is 621 g/mol. The summed E-state index contributed by atoms with van der Waals surface area (Å²) in [4.78, 5) is 34.6. The van der Waals surface area contributed by atoms with Gasteiger partial charge in [0.15, 0.2) is 23.9 Å². The zero-order chi connectivity index (χ0) is 33.0. The van der Waals surface area contributed by atoms with Crippen LogP contribution in [0, 0.1) is 10.6 Å². The number of aromatic nitrogens is 1. The van der Waals surface area contributed by atoms with Crippen LogP contribution in [0.4, 0.5) is 18.9 Å². The highest BCUT2D eigenvalue weighted by molar-refractivity contribution is 5.97. The summed E-state index contributed by atoms with van der Waals surface area (Å²) in [7, 11) is 0. The number of rotatable bonds is 10. The number of aliphatic carboxylic acids is 1. The molecule has 2 amide bonds. The van der Waals surface area contributed by atoms with E-state index >= 15 is 0 Å². The van der Waals surface area contributed by atoms with Crippen LogP contribution < -0.4 is 36.1 Å². The molecule has 0 spiro atoms. The summed E-state index contributed by atoms with van der Waals surface area (Å²) in [6.07, 6.45) is -2.80. The van der Waals surface area contributed by atoms with E-state index in [-0.39, 0.29) is 17.5 Å². The van der Waals surface area contributed by atoms with Crippen LogP contribution in [0.3, 0.4) is 0 Å². The number of halogens is 3. The molecule has 236 valence electrons. The predicted octanol–water partition coefficient (Wildman–Crippen LogP) is 3.04. The van der Waals surface area contributed by atoms with Crippen molar-refractivity contribution in [3.05, 3.63) is 88.9 Å². The van der Waals surface area contributed by atoms with Gasteiger partial charge in [-0.2, -0.15) is 17.9 Å². The Labute approximate surface area is 249 Å². The van der Waals surface area contributed by atoms with E-state index in [2.05, 4.69) is 16.2 Å². The third-order valence-corrected chi connectivity index (χ3v) is 5.34. The number of nitrogen functional groups attached to an aromatic ring is 1. The van der Waals surface area contributed by atoms with E-state index in [1.54, 1.807) is 42.5 Å². The van der Waals surface area contributed by atoms with E-state index in [1.165, 1.54) is 24.5 Å². The standard InChI is InChI=1S/C26H30N6O5.C2HF3O2/c1-4-36-22-15-19(7-10-21(22)37-16(2)3)23(29-20-8-5-17(6-9-20)24(27)28)26(34)31-30-25(33)18-11-13-32(35)14-12-18;3-2(4,5)1(6)7/h5-16,23,29H,4H2,1-3H3,(H3,27,28)(H,30,33)(H,31,34);(H,6,7). The molecule has 0 aliphatic heterocycles. The number of carboxylic acids is 1. The zero-order valence-corrected chi connectivity index (χ0v) is 23.8. The molecule has 13 nitrogen and oxygen atoms in total. The fraction of sp³-hybridized carbons (Fsp3) is 0.250. The molecule has 2 aromatic carbocycles. The lowest BCUT2D eigenvalue weighted by Gasteiger charge is -2.22. The number of ether oxygens (including phenoxy) is 2. The van der Waals surface area contributed by atoms with Crippen LogP contribution in [-0.4, -0.2) is 47.6 Å². The fourth-order valence-electron chi connectivity index (χ4n) is 3.36. The van der Waals surface area contributed by atoms with Gasteiger partial charge < -0.3 is 30.8 Å². The van der Waals surface area contributed by atoms with Crippen molar-refractivity contribution in [3.8, 4) is 11.5 Å². The van der Waals surface area contributed by atoms with Crippen molar-refractivity contribution < 1.29 is 46.9 Å². The van der Waals surface area contributed by atoms with E-state index in [0.29, 0.717) is 39.7 Å². The maximum Gasteiger partial charge on any atom is 0.490 e. The Balaban J connectivity index is 0.000000860. The smallest absolute Gasteiger partial charge is 0.490 e. The van der Waals surface area contributed by atoms with Crippen LogP contribution in [0.1, 0.15) is 48.3 Å². The second-order valence-corrected chi connectivity index (χ2v) is 9.07. The molecule has 0 saturated carbocycles. The van der Waals surface area contributed by atoms with Crippen molar-refractivity contribution in [2.75, 3.05) is 11.9 Å². The summed E-state index contributed by atoms with van der Waals surface area (Å²) >= 11 is 0. The Morgan fingerprint density at radius 2 is 1.59 bits per heavy atom. The van der Waals surface area contributed by atoms with Gasteiger partial charge in [-0.1, -0.05) is 6.07 Å². The number of carbonyl (C=O) groups excluding carboxylic acids is 2. The Kier molecular flexibility index (Phi) is 12.3. The minimum atomic E-state index is -5.08. The van der Waals surface area contributed by atoms with Gasteiger partial charge in [-0.15, -0.1) is 0 Å². The second-order valence-electron chi connectivity index (χ2n) is 9.07. The number of hydrazine groups is 1. The molecule has 1 atom stereocenters. The van der Waals surface area contributed by atoms with E-state index in [4.69, 9.17) is 30.5 Å². The highest BCUT2D eigenvalue weighted by Crippen LogP contribution is 2.33. The first-order chi connectivity index (χ1) is 20.6. The largest absolute Gasteiger partial charge is 0.619 e. The third-order valence-electron chi connectivity index (χ3n) is 5.34. The number of amides is 2. The normalized spacial score (nSPS) is 11.3. The molecular formula is C28H31F3N6O7. The van der Waals surface area contributed by atoms with E-state index < -0.39 is 30.0 Å². The van der Waals surface area contributed by atoms with E-state index in [1.807, 2.05) is 20.8 Å². The Morgan fingerprint density at radius 3 is 2.09 bits per heavy atom. The molecule has 1 aromatic heterocycles. The molecule has 3 aromatic rings. The molecular weight excluding hydrogens is 589 g/mol. The number of nitrogens with two attached hydrogens (primary N) is 1. The number of nitrogens with zero attached hydrogens (tertiary/aromatic N) is 1. The van der Waals surface area contributed by atoms with Crippen molar-refractivity contribution in [3.63, 3.8) is 0 Å². The number of amidine groups is 1. The molecule has 0 radical (unpaired) electrons. The Hall–Kier alpha value is -5.54. The monoisotopic (exact) mass is 620 g/mol. The van der Waals surface area contributed by atoms with Crippen molar-refractivity contribution in [2.45, 2.75) is 39.1 Å². The molecule has 0 aliphatic carbocycles. The molecule has 0 aliphatic rings. The Morgan fingerprint density at radius 1 is 1.00 bits per heavy atom. The summed E-state index contributed by atoms with van der Waals surface area (Å²) in [6, 6.07) is 13.6. The summed E-state index contributed by atoms with van der Waals surface area (Å²) in [5.74, 6) is -2.97. The number of hydrogen-bond acceptors (Lipinski definition) is 8. The van der Waals surface area contributed by atoms with Gasteiger partial charge in [-0.3, -0.25) is 25.8 Å². The number of alkyl halides is 3. The predicted molar refractivity (Wildman–Crippen MR) is 152 cm³/mol. The lowest BCUT2D eigenvalue weighted by atomic mass is 10.0. The van der Waals surface area contributed by atoms with Gasteiger partial charge in [0.2, 0.25) is 0 Å². The second kappa shape index (κ2) is 15.6. The van der Waals surface area contributed by atoms with Crippen LogP contribution in [0.2, 0.25) is 0 Å². The molecule has 7 N–H and O–H groups in total. The molecule has 1 unspecified atom stereocenters. The first-order valence-electron chi connectivity index (χ1n) is 12.9. The van der Waals surface area contributed by atoms with Gasteiger partial charge in [-0.25, -0.2) is 4.79 Å². The lowest BCUT2D eigenvalue weighted by Crippen LogP contribution is -2.45. The molecule has 16 heteroatoms. The van der Waals surface area contributed by atoms with Crippen molar-refractivity contribution in [2.24, 2.45) is 5.73 Å². The van der Waals surface area contributed by atoms with Crippen molar-refractivity contribution in [1.29, 1.82) is 5.41 Å². The topological polar surface area (TPSA) is 203 Å². The number of anilines is 1. The van der Waals surface area contributed by atoms with Crippen LogP contribution in [0.5, 0.6) is 11.5 Å². The summed E-state index contributed by atoms with van der Waals surface area (Å²) < 4.78 is 43.9. The number of nitrogens with one attached hydrogen (secondary N) is 4. The number of hydrogen-bond donors (Lipinski definition) is 6. The molecule has 1 heterocycles. The fourth-order valence-corrected chi connectivity index (χ4v) is 3.36. The summed E-state index contributed by atoms with van der Waals surface area (Å²) in [5, 5.41) is 29.1. The van der Waals surface area contributed by atoms with Crippen LogP contribution >= 0.6 is 0 Å². The van der Waals surface area contributed by atoms with Gasteiger partial charge in [-0.05, 0) is 62.7 Å². The minimum absolute atomic E-state index is 0.0749. The lowest BCUT2D eigenvalue weighted by molar-refractivity contribution is -0.605. The van der Waals surface area contributed by atoms with Gasteiger partial charge in [0, 0.05) is 23.4 Å². The van der Waals surface area contributed by atoms with E-state index in [9.17, 15) is 28.0 Å². The van der Waals surface area contributed by atoms with Gasteiger partial charge in [0.1, 0.15) is 11.9 Å². The van der Waals surface area contributed by atoms with Crippen LogP contribution in [0.15, 0.2) is 67.0 Å². The maximum atomic E-state index is 13.3. The third kappa shape index (κ3) is 10.7. The van der Waals surface area contributed by atoms with Crippen molar-refractivity contribution in [1.82, 2.24) is 10.9 Å². The summed E-state index contributed by atoms with van der Waals surface area (Å²) in [5.41, 5.74) is 12.2. The van der Waals surface area contributed by atoms with E-state index in [0.717, 1.165) is 0 Å². The molecule has 44 heavy (non-hydrogen) atoms. The van der Waals surface area contributed by atoms with Gasteiger partial charge in [0.25, 0.3) is 11.8 Å². The SMILES string of the molecule is CCOc1cc(C(Nc2ccc(C(=N)N)cc2)C(=O)NNC(=O)c2cc[n+]([O-])cc2)ccc1OC(C)C.O=C(O)C(F)(F)F. The quantitative estimate of drug-likeness (QED) is 0.0647. The number of benzene rings is 2. The van der Waals surface area contributed by atoms with Crippen LogP contribution in [-0.2, 0) is 9.59 Å². The molecule has 0 saturated heterocycles. The highest BCUT2D eigenvalue weighted by Gasteiger charge is 2.38. The first kappa shape index (κ1) is 34.7. The number of carbonyl (C=O) groups is 3. The molecule has 3 rings (SSSR count). The number of pyridine rings is 1. The molecule has 0 fully saturated rings. The Bertz CT molecular complexity index is 1450. The van der Waals surface area contributed by atoms with Gasteiger partial charge in [0.05, 0.1) is 18.3 Å². The highest BCUT2D eigenvalue weighted by atomic mass is 19.4. The summed E-state index contributed by atoms with van der Waals surface area (Å²) in [6.45, 7) is 6.04. The minimum Gasteiger partial charge on any atom is -0.619 e. The van der Waals surface area contributed by atoms with Crippen molar-refractivity contribution >= 4 is 29.3 Å².